The van der Waals surface area contributed by atoms with Gasteiger partial charge in [-0.1, -0.05) is 0 Å². The molecule has 24 heavy (non-hydrogen) atoms. The molecule has 0 N–H and O–H groups in total. The maximum Gasteiger partial charge on any atom is 0.357 e. The minimum atomic E-state index is -0.488. The lowest BCUT2D eigenvalue weighted by Gasteiger charge is -2.20. The Bertz CT molecular complexity index is 653. The number of furan rings is 1. The maximum absolute atomic E-state index is 12.5. The molecule has 7 nitrogen and oxygen atoms in total. The number of hydrogen-bond donors (Lipinski definition) is 0. The summed E-state index contributed by atoms with van der Waals surface area (Å²) >= 11 is 1.31. The van der Waals surface area contributed by atoms with Crippen LogP contribution in [0.2, 0.25) is 0 Å². The highest BCUT2D eigenvalue weighted by Gasteiger charge is 2.20. The van der Waals surface area contributed by atoms with Crippen molar-refractivity contribution in [1.29, 1.82) is 0 Å². The van der Waals surface area contributed by atoms with Gasteiger partial charge in [-0.25, -0.2) is 9.78 Å². The molecule has 0 aromatic carbocycles. The Kier molecular flexibility index (Phi) is 6.95. The summed E-state index contributed by atoms with van der Waals surface area (Å²) in [5.74, 6) is -0.430. The van der Waals surface area contributed by atoms with E-state index in [0.29, 0.717) is 37.7 Å². The number of nitrogens with zero attached hydrogens (tertiary/aromatic N) is 2. The quantitative estimate of drug-likeness (QED) is 0.510. The minimum absolute atomic E-state index is 0.216. The molecule has 0 spiro atoms. The van der Waals surface area contributed by atoms with Crippen molar-refractivity contribution in [3.05, 3.63) is 40.2 Å². The van der Waals surface area contributed by atoms with E-state index in [1.165, 1.54) is 24.7 Å². The molecule has 0 saturated carbocycles. The Labute approximate surface area is 144 Å². The number of hydrogen-bond acceptors (Lipinski definition) is 7. The van der Waals surface area contributed by atoms with Gasteiger partial charge in [0.25, 0.3) is 5.91 Å². The van der Waals surface area contributed by atoms with E-state index in [9.17, 15) is 9.59 Å². The van der Waals surface area contributed by atoms with Crippen LogP contribution < -0.4 is 0 Å². The third-order valence-electron chi connectivity index (χ3n) is 3.21. The van der Waals surface area contributed by atoms with E-state index in [2.05, 4.69) is 9.72 Å². The SMILES string of the molecule is CCOCCCN(Cc1nc(C(=O)OC)cs1)C(=O)c1ccco1. The van der Waals surface area contributed by atoms with Gasteiger partial charge in [0, 0.05) is 25.1 Å². The number of ether oxygens (including phenoxy) is 2. The second kappa shape index (κ2) is 9.19. The fourth-order valence-electron chi connectivity index (χ4n) is 2.06. The Morgan fingerprint density at radius 2 is 2.25 bits per heavy atom. The summed E-state index contributed by atoms with van der Waals surface area (Å²) in [4.78, 5) is 29.9. The zero-order valence-electron chi connectivity index (χ0n) is 13.7. The molecule has 130 valence electrons. The molecule has 0 aliphatic heterocycles. The molecule has 0 bridgehead atoms. The Morgan fingerprint density at radius 3 is 2.92 bits per heavy atom. The van der Waals surface area contributed by atoms with Crippen LogP contribution in [0.3, 0.4) is 0 Å². The number of aromatic nitrogens is 1. The van der Waals surface area contributed by atoms with Crippen LogP contribution >= 0.6 is 11.3 Å². The van der Waals surface area contributed by atoms with Crippen LogP contribution in [0.4, 0.5) is 0 Å². The van der Waals surface area contributed by atoms with Gasteiger partial charge in [-0.15, -0.1) is 11.3 Å². The van der Waals surface area contributed by atoms with Gasteiger partial charge in [0.05, 0.1) is 19.9 Å². The van der Waals surface area contributed by atoms with E-state index in [4.69, 9.17) is 9.15 Å². The normalized spacial score (nSPS) is 10.6. The lowest BCUT2D eigenvalue weighted by atomic mass is 10.3. The predicted octanol–water partition coefficient (Wildman–Crippen LogP) is 2.59. The van der Waals surface area contributed by atoms with Crippen molar-refractivity contribution < 1.29 is 23.5 Å². The van der Waals surface area contributed by atoms with Gasteiger partial charge in [-0.2, -0.15) is 0 Å². The molecule has 0 aliphatic rings. The van der Waals surface area contributed by atoms with Crippen molar-refractivity contribution in [3.8, 4) is 0 Å². The molecule has 0 unspecified atom stereocenters. The predicted molar refractivity (Wildman–Crippen MR) is 88.0 cm³/mol. The third-order valence-corrected chi connectivity index (χ3v) is 4.05. The number of amides is 1. The van der Waals surface area contributed by atoms with E-state index < -0.39 is 5.97 Å². The number of carbonyl (C=O) groups excluding carboxylic acids is 2. The molecule has 0 saturated heterocycles. The van der Waals surface area contributed by atoms with Gasteiger partial charge in [-0.3, -0.25) is 4.79 Å². The summed E-state index contributed by atoms with van der Waals surface area (Å²) < 4.78 is 15.2. The van der Waals surface area contributed by atoms with Crippen LogP contribution in [-0.2, 0) is 16.0 Å². The van der Waals surface area contributed by atoms with Crippen molar-refractivity contribution in [2.24, 2.45) is 0 Å². The Morgan fingerprint density at radius 1 is 1.42 bits per heavy atom. The van der Waals surface area contributed by atoms with E-state index in [-0.39, 0.29) is 17.4 Å². The van der Waals surface area contributed by atoms with Crippen molar-refractivity contribution in [1.82, 2.24) is 9.88 Å². The topological polar surface area (TPSA) is 81.9 Å². The van der Waals surface area contributed by atoms with Gasteiger partial charge in [0.2, 0.25) is 0 Å². The van der Waals surface area contributed by atoms with Crippen LogP contribution in [0.1, 0.15) is 39.4 Å². The van der Waals surface area contributed by atoms with Gasteiger partial charge in [-0.05, 0) is 25.5 Å². The number of methoxy groups -OCH3 is 1. The standard InChI is InChI=1S/C16H20N2O5S/c1-3-22-8-5-7-18(15(19)13-6-4-9-23-13)10-14-17-12(11-24-14)16(20)21-2/h4,6,9,11H,3,5,7-8,10H2,1-2H3. The molecule has 0 radical (unpaired) electrons. The molecule has 2 aromatic heterocycles. The van der Waals surface area contributed by atoms with Crippen LogP contribution in [0.5, 0.6) is 0 Å². The minimum Gasteiger partial charge on any atom is -0.464 e. The molecule has 1 amide bonds. The summed E-state index contributed by atoms with van der Waals surface area (Å²) in [5, 5.41) is 2.28. The fraction of sp³-hybridized carbons (Fsp3) is 0.438. The summed E-state index contributed by atoms with van der Waals surface area (Å²) in [6, 6.07) is 3.30. The first-order valence-electron chi connectivity index (χ1n) is 7.59. The smallest absolute Gasteiger partial charge is 0.357 e. The number of carbonyl (C=O) groups is 2. The van der Waals surface area contributed by atoms with E-state index in [1.54, 1.807) is 22.4 Å². The molecular formula is C16H20N2O5S. The zero-order valence-corrected chi connectivity index (χ0v) is 14.5. The van der Waals surface area contributed by atoms with Crippen LogP contribution in [0.25, 0.3) is 0 Å². The van der Waals surface area contributed by atoms with Crippen molar-refractivity contribution in [2.45, 2.75) is 19.9 Å². The first kappa shape index (κ1) is 18.2. The highest BCUT2D eigenvalue weighted by Crippen LogP contribution is 2.16. The lowest BCUT2D eigenvalue weighted by Crippen LogP contribution is -2.32. The van der Waals surface area contributed by atoms with Crippen LogP contribution in [0.15, 0.2) is 28.2 Å². The van der Waals surface area contributed by atoms with E-state index >= 15 is 0 Å². The number of thiazole rings is 1. The average Bonchev–Trinajstić information content (AvgIpc) is 3.28. The monoisotopic (exact) mass is 352 g/mol. The number of rotatable bonds is 9. The second-order valence-electron chi connectivity index (χ2n) is 4.87. The van der Waals surface area contributed by atoms with E-state index in [0.717, 1.165) is 0 Å². The van der Waals surface area contributed by atoms with Gasteiger partial charge >= 0.3 is 5.97 Å². The van der Waals surface area contributed by atoms with E-state index in [1.807, 2.05) is 6.92 Å². The summed E-state index contributed by atoms with van der Waals surface area (Å²) in [6.07, 6.45) is 2.17. The molecule has 0 atom stereocenters. The van der Waals surface area contributed by atoms with Crippen LogP contribution in [0, 0.1) is 0 Å². The van der Waals surface area contributed by atoms with Gasteiger partial charge in [0.15, 0.2) is 11.5 Å². The first-order valence-corrected chi connectivity index (χ1v) is 8.47. The highest BCUT2D eigenvalue weighted by atomic mass is 32.1. The fourth-order valence-corrected chi connectivity index (χ4v) is 2.83. The Balaban J connectivity index is 2.05. The number of esters is 1. The summed E-state index contributed by atoms with van der Waals surface area (Å²) in [6.45, 7) is 3.94. The molecule has 0 fully saturated rings. The molecule has 2 rings (SSSR count). The summed E-state index contributed by atoms with van der Waals surface area (Å²) in [5.41, 5.74) is 0.247. The van der Waals surface area contributed by atoms with Crippen molar-refractivity contribution >= 4 is 23.2 Å². The van der Waals surface area contributed by atoms with Crippen molar-refractivity contribution in [2.75, 3.05) is 26.9 Å². The van der Waals surface area contributed by atoms with Crippen LogP contribution in [-0.4, -0.2) is 48.6 Å². The molecular weight excluding hydrogens is 332 g/mol. The lowest BCUT2D eigenvalue weighted by molar-refractivity contribution is 0.0594. The highest BCUT2D eigenvalue weighted by molar-refractivity contribution is 7.09. The molecule has 8 heteroatoms. The molecule has 2 aromatic rings. The summed E-state index contributed by atoms with van der Waals surface area (Å²) in [7, 11) is 1.31. The molecule has 2 heterocycles. The Hall–Kier alpha value is -2.19. The second-order valence-corrected chi connectivity index (χ2v) is 5.82. The first-order chi connectivity index (χ1) is 11.7. The average molecular weight is 352 g/mol. The zero-order chi connectivity index (χ0) is 17.4. The molecule has 0 aliphatic carbocycles. The van der Waals surface area contributed by atoms with Gasteiger partial charge in [0.1, 0.15) is 5.01 Å². The third kappa shape index (κ3) is 4.90. The van der Waals surface area contributed by atoms with Crippen molar-refractivity contribution in [3.63, 3.8) is 0 Å². The maximum atomic E-state index is 12.5. The van der Waals surface area contributed by atoms with Gasteiger partial charge < -0.3 is 18.8 Å². The largest absolute Gasteiger partial charge is 0.464 e.